The Balaban J connectivity index is 4.56. The second-order valence-corrected chi connectivity index (χ2v) is 15.9. The molecule has 0 radical (unpaired) electrons. The zero-order valence-corrected chi connectivity index (χ0v) is 38.8. The van der Waals surface area contributed by atoms with Crippen molar-refractivity contribution in [1.82, 2.24) is 0 Å². The number of likely N-dealkylation sites (N-methyl/N-ethyl adjacent to an activating group) is 1. The quantitative estimate of drug-likeness (QED) is 0.0213. The van der Waals surface area contributed by atoms with Crippen molar-refractivity contribution >= 4 is 17.9 Å². The van der Waals surface area contributed by atoms with Crippen LogP contribution in [-0.4, -0.2) is 87.4 Å². The molecule has 344 valence electrons. The molecule has 0 aliphatic heterocycles. The lowest BCUT2D eigenvalue weighted by Crippen LogP contribution is -2.40. The Morgan fingerprint density at radius 1 is 0.492 bits per heavy atom. The number of rotatable bonds is 40. The maximum absolute atomic E-state index is 12.8. The lowest BCUT2D eigenvalue weighted by molar-refractivity contribution is -0.870. The number of hydrogen-bond acceptors (Lipinski definition) is 7. The number of nitrogens with zero attached hydrogens (tertiary/aromatic N) is 1. The number of allylic oxidation sites excluding steroid dienone is 18. The number of esters is 2. The van der Waals surface area contributed by atoms with Gasteiger partial charge in [-0.3, -0.25) is 9.59 Å². The van der Waals surface area contributed by atoms with Crippen molar-refractivity contribution in [3.05, 3.63) is 109 Å². The fourth-order valence-corrected chi connectivity index (χ4v) is 5.51. The van der Waals surface area contributed by atoms with Gasteiger partial charge in [0, 0.05) is 12.8 Å². The van der Waals surface area contributed by atoms with Gasteiger partial charge in [-0.25, -0.2) is 4.79 Å². The van der Waals surface area contributed by atoms with Crippen LogP contribution in [0, 0.1) is 0 Å². The number of carboxylic acids is 1. The van der Waals surface area contributed by atoms with Gasteiger partial charge >= 0.3 is 17.9 Å². The normalized spacial score (nSPS) is 13.9. The van der Waals surface area contributed by atoms with E-state index in [1.807, 2.05) is 27.2 Å². The van der Waals surface area contributed by atoms with Crippen LogP contribution in [0.15, 0.2) is 109 Å². The molecular formula is C52H84NO8+. The minimum Gasteiger partial charge on any atom is -0.477 e. The summed E-state index contributed by atoms with van der Waals surface area (Å²) in [7, 11) is 5.92. The SMILES string of the molecule is CC/C=C\C/C=C\C/C=C\C/C=C\C/C=C\CCCC(=O)OC(COC(=O)CCCCCCCC/C=C\C/C=C\C/C=C\C/C=C\CC)COC(OCC[N+](C)(C)C)C(=O)O. The molecule has 0 amide bonds. The minimum atomic E-state index is -1.53. The number of carbonyl (C=O) groups is 3. The first-order chi connectivity index (χ1) is 29.6. The van der Waals surface area contributed by atoms with Crippen molar-refractivity contribution in [2.45, 2.75) is 155 Å². The largest absolute Gasteiger partial charge is 0.477 e. The third-order valence-electron chi connectivity index (χ3n) is 9.02. The Bertz CT molecular complexity index is 1360. The van der Waals surface area contributed by atoms with Crippen LogP contribution in [0.5, 0.6) is 0 Å². The summed E-state index contributed by atoms with van der Waals surface area (Å²) in [5, 5.41) is 9.64. The van der Waals surface area contributed by atoms with Crippen LogP contribution in [0.3, 0.4) is 0 Å². The van der Waals surface area contributed by atoms with Crippen LogP contribution < -0.4 is 0 Å². The third kappa shape index (κ3) is 43.8. The highest BCUT2D eigenvalue weighted by Crippen LogP contribution is 2.11. The molecule has 2 unspecified atom stereocenters. The van der Waals surface area contributed by atoms with Gasteiger partial charge in [-0.2, -0.15) is 0 Å². The van der Waals surface area contributed by atoms with E-state index in [4.69, 9.17) is 18.9 Å². The zero-order chi connectivity index (χ0) is 44.9. The summed E-state index contributed by atoms with van der Waals surface area (Å²) < 4.78 is 22.7. The van der Waals surface area contributed by atoms with Gasteiger partial charge in [0.15, 0.2) is 6.10 Å². The Morgan fingerprint density at radius 2 is 0.902 bits per heavy atom. The Hall–Kier alpha value is -4.05. The number of aliphatic carboxylic acids is 1. The van der Waals surface area contributed by atoms with E-state index >= 15 is 0 Å². The number of carboxylic acid groups (broad SMARTS) is 1. The van der Waals surface area contributed by atoms with E-state index in [0.29, 0.717) is 30.3 Å². The summed E-state index contributed by atoms with van der Waals surface area (Å²) in [6.45, 7) is 4.52. The van der Waals surface area contributed by atoms with Crippen LogP contribution in [0.2, 0.25) is 0 Å². The molecule has 0 spiro atoms. The van der Waals surface area contributed by atoms with E-state index in [9.17, 15) is 19.5 Å². The molecule has 0 aromatic carbocycles. The van der Waals surface area contributed by atoms with Gasteiger partial charge in [0.05, 0.1) is 34.4 Å². The van der Waals surface area contributed by atoms with Crippen molar-refractivity contribution < 1.29 is 42.9 Å². The van der Waals surface area contributed by atoms with Crippen LogP contribution in [0.25, 0.3) is 0 Å². The standard InChI is InChI=1S/C52H83NO8/c1-6-8-10-12-14-16-18-20-22-24-25-27-28-30-32-34-36-38-40-42-49(54)59-46-48(47-60-52(51(56)57)58-45-44-53(3,4)5)61-50(55)43-41-39-37-35-33-31-29-26-23-21-19-17-15-13-11-9-7-2/h8-11,14-17,20-23,25,27,29,31,35,37,48,52H,6-7,12-13,18-19,24,26,28,30,32-34,36,38-47H2,1-5H3/p+1/b10-8-,11-9-,16-14-,17-15-,22-20-,23-21-,27-25-,31-29-,37-35-. The summed E-state index contributed by atoms with van der Waals surface area (Å²) in [5.74, 6) is -2.13. The molecule has 1 N–H and O–H groups in total. The number of hydrogen-bond donors (Lipinski definition) is 1. The van der Waals surface area contributed by atoms with Crippen LogP contribution >= 0.6 is 0 Å². The predicted octanol–water partition coefficient (Wildman–Crippen LogP) is 12.4. The molecule has 0 aromatic rings. The molecular weight excluding hydrogens is 767 g/mol. The van der Waals surface area contributed by atoms with E-state index < -0.39 is 24.3 Å². The maximum Gasteiger partial charge on any atom is 0.361 e. The van der Waals surface area contributed by atoms with E-state index in [2.05, 4.69) is 117 Å². The van der Waals surface area contributed by atoms with Crippen LogP contribution in [0.4, 0.5) is 0 Å². The molecule has 0 rings (SSSR count). The molecule has 9 nitrogen and oxygen atoms in total. The molecule has 2 atom stereocenters. The predicted molar refractivity (Wildman–Crippen MR) is 253 cm³/mol. The van der Waals surface area contributed by atoms with Gasteiger partial charge in [0.1, 0.15) is 13.2 Å². The van der Waals surface area contributed by atoms with Crippen LogP contribution in [-0.2, 0) is 33.3 Å². The van der Waals surface area contributed by atoms with Crippen molar-refractivity contribution in [3.63, 3.8) is 0 Å². The fourth-order valence-electron chi connectivity index (χ4n) is 5.51. The molecule has 0 saturated carbocycles. The second-order valence-electron chi connectivity index (χ2n) is 15.9. The smallest absolute Gasteiger partial charge is 0.361 e. The van der Waals surface area contributed by atoms with Gasteiger partial charge < -0.3 is 28.5 Å². The molecule has 0 aromatic heterocycles. The van der Waals surface area contributed by atoms with Gasteiger partial charge in [0.2, 0.25) is 0 Å². The van der Waals surface area contributed by atoms with E-state index in [0.717, 1.165) is 96.3 Å². The summed E-state index contributed by atoms with van der Waals surface area (Å²) in [4.78, 5) is 37.1. The van der Waals surface area contributed by atoms with Crippen molar-refractivity contribution in [2.75, 3.05) is 47.5 Å². The van der Waals surface area contributed by atoms with Crippen molar-refractivity contribution in [2.24, 2.45) is 0 Å². The molecule has 0 aliphatic rings. The molecule has 0 aliphatic carbocycles. The lowest BCUT2D eigenvalue weighted by Gasteiger charge is -2.25. The lowest BCUT2D eigenvalue weighted by atomic mass is 10.1. The Kier molecular flexibility index (Phi) is 39.8. The fraction of sp³-hybridized carbons (Fsp3) is 0.596. The number of ether oxygens (including phenoxy) is 4. The molecule has 9 heteroatoms. The summed E-state index contributed by atoms with van der Waals surface area (Å²) in [5.41, 5.74) is 0. The highest BCUT2D eigenvalue weighted by atomic mass is 16.7. The average Bonchev–Trinajstić information content (AvgIpc) is 3.22. The minimum absolute atomic E-state index is 0.168. The van der Waals surface area contributed by atoms with E-state index in [1.165, 1.54) is 0 Å². The summed E-state index contributed by atoms with van der Waals surface area (Å²) >= 11 is 0. The van der Waals surface area contributed by atoms with Gasteiger partial charge in [0.25, 0.3) is 6.29 Å². The van der Waals surface area contributed by atoms with Gasteiger partial charge in [-0.05, 0) is 89.9 Å². The topological polar surface area (TPSA) is 108 Å². The highest BCUT2D eigenvalue weighted by molar-refractivity contribution is 5.71. The Morgan fingerprint density at radius 3 is 1.36 bits per heavy atom. The first kappa shape index (κ1) is 57.0. The summed E-state index contributed by atoms with van der Waals surface area (Å²) in [6, 6.07) is 0. The Labute approximate surface area is 371 Å². The summed E-state index contributed by atoms with van der Waals surface area (Å²) in [6.07, 6.45) is 54.4. The molecule has 0 heterocycles. The van der Waals surface area contributed by atoms with Crippen LogP contribution in [0.1, 0.15) is 142 Å². The van der Waals surface area contributed by atoms with Crippen molar-refractivity contribution in [1.29, 1.82) is 0 Å². The first-order valence-electron chi connectivity index (χ1n) is 23.1. The average molecular weight is 851 g/mol. The molecule has 61 heavy (non-hydrogen) atoms. The molecule has 0 saturated heterocycles. The van der Waals surface area contributed by atoms with E-state index in [1.54, 1.807) is 0 Å². The monoisotopic (exact) mass is 851 g/mol. The maximum atomic E-state index is 12.8. The highest BCUT2D eigenvalue weighted by Gasteiger charge is 2.25. The number of quaternary nitrogens is 1. The molecule has 0 fully saturated rings. The number of unbranched alkanes of at least 4 members (excludes halogenated alkanes) is 7. The zero-order valence-electron chi connectivity index (χ0n) is 38.8. The second kappa shape index (κ2) is 42.6. The van der Waals surface area contributed by atoms with Crippen molar-refractivity contribution in [3.8, 4) is 0 Å². The van der Waals surface area contributed by atoms with E-state index in [-0.39, 0.29) is 38.6 Å². The third-order valence-corrected chi connectivity index (χ3v) is 9.02. The van der Waals surface area contributed by atoms with Gasteiger partial charge in [-0.15, -0.1) is 0 Å². The number of carbonyl (C=O) groups excluding carboxylic acids is 2. The first-order valence-corrected chi connectivity index (χ1v) is 23.1. The van der Waals surface area contributed by atoms with Gasteiger partial charge in [-0.1, -0.05) is 149 Å². The molecule has 0 bridgehead atoms.